The highest BCUT2D eigenvalue weighted by Crippen LogP contribution is 2.49. The van der Waals surface area contributed by atoms with Crippen LogP contribution in [0.15, 0.2) is 23.8 Å². The highest BCUT2D eigenvalue weighted by Gasteiger charge is 2.35. The van der Waals surface area contributed by atoms with Gasteiger partial charge in [0.05, 0.1) is 16.8 Å². The van der Waals surface area contributed by atoms with Crippen LogP contribution in [0.3, 0.4) is 0 Å². The number of rotatable bonds is 1. The van der Waals surface area contributed by atoms with Crippen molar-refractivity contribution in [3.63, 3.8) is 0 Å². The molecule has 2 aromatic carbocycles. The van der Waals surface area contributed by atoms with Gasteiger partial charge < -0.3 is 5.73 Å². The van der Waals surface area contributed by atoms with Crippen molar-refractivity contribution in [2.24, 2.45) is 0 Å². The molecule has 0 saturated heterocycles. The zero-order chi connectivity index (χ0) is 19.2. The minimum Gasteiger partial charge on any atom is -0.397 e. The number of hydrogen-bond donors (Lipinski definition) is 1. The molecule has 0 bridgehead atoms. The van der Waals surface area contributed by atoms with Crippen LogP contribution in [0.25, 0.3) is 17.2 Å². The maximum Gasteiger partial charge on any atom is 0.102 e. The number of fused-ring (bicyclic) bond motifs is 1. The van der Waals surface area contributed by atoms with Crippen LogP contribution in [-0.4, -0.2) is 0 Å². The lowest BCUT2D eigenvalue weighted by Crippen LogP contribution is -2.25. The van der Waals surface area contributed by atoms with Crippen LogP contribution in [-0.2, 0) is 5.41 Å². The number of nitrogens with two attached hydrogens (primary N) is 1. The first-order chi connectivity index (χ1) is 12.2. The molecule has 0 fully saturated rings. The van der Waals surface area contributed by atoms with Crippen molar-refractivity contribution in [1.29, 1.82) is 10.5 Å². The minimum absolute atomic E-state index is 0.191. The maximum absolute atomic E-state index is 9.83. The summed E-state index contributed by atoms with van der Waals surface area (Å²) in [6, 6.07) is 9.56. The Kier molecular flexibility index (Phi) is 4.49. The van der Waals surface area contributed by atoms with Crippen molar-refractivity contribution < 1.29 is 0 Å². The number of allylic oxidation sites excluding steroid dienone is 1. The summed E-state index contributed by atoms with van der Waals surface area (Å²) in [4.78, 5) is 0. The Hall–Kier alpha value is -2.46. The zero-order valence-electron chi connectivity index (χ0n) is 14.7. The monoisotopic (exact) mass is 381 g/mol. The van der Waals surface area contributed by atoms with Gasteiger partial charge in [-0.3, -0.25) is 0 Å². The summed E-state index contributed by atoms with van der Waals surface area (Å²) in [6.45, 7) is 6.25. The number of anilines is 1. The standard InChI is InChI=1S/C21H17Cl2N3/c1-11-6-14-15(9-24)20(26)16(10-25)18(19(14)21(2,3)8-11)13-5-4-12(22)7-17(13)23/h4-7H,8,26H2,1-3H3. The van der Waals surface area contributed by atoms with E-state index in [0.29, 0.717) is 26.7 Å². The second-order valence-corrected chi connectivity index (χ2v) is 8.07. The van der Waals surface area contributed by atoms with E-state index in [0.717, 1.165) is 23.1 Å². The van der Waals surface area contributed by atoms with Gasteiger partial charge >= 0.3 is 0 Å². The van der Waals surface area contributed by atoms with Crippen LogP contribution >= 0.6 is 23.2 Å². The Bertz CT molecular complexity index is 1050. The maximum atomic E-state index is 9.83. The van der Waals surface area contributed by atoms with E-state index < -0.39 is 0 Å². The van der Waals surface area contributed by atoms with E-state index in [1.807, 2.05) is 13.0 Å². The van der Waals surface area contributed by atoms with E-state index in [1.54, 1.807) is 18.2 Å². The van der Waals surface area contributed by atoms with Crippen molar-refractivity contribution in [3.05, 3.63) is 56.1 Å². The predicted molar refractivity (Wildman–Crippen MR) is 107 cm³/mol. The van der Waals surface area contributed by atoms with Gasteiger partial charge in [-0.2, -0.15) is 10.5 Å². The summed E-state index contributed by atoms with van der Waals surface area (Å²) >= 11 is 12.5. The van der Waals surface area contributed by atoms with Gasteiger partial charge in [-0.25, -0.2) is 0 Å². The quantitative estimate of drug-likeness (QED) is 0.608. The molecular formula is C21H17Cl2N3. The molecule has 130 valence electrons. The number of hydrogen-bond acceptors (Lipinski definition) is 3. The van der Waals surface area contributed by atoms with Crippen LogP contribution in [0.4, 0.5) is 5.69 Å². The molecule has 3 nitrogen and oxygen atoms in total. The van der Waals surface area contributed by atoms with Crippen LogP contribution in [0.1, 0.15) is 49.4 Å². The third-order valence-electron chi connectivity index (χ3n) is 4.79. The fraction of sp³-hybridized carbons (Fsp3) is 0.238. The zero-order valence-corrected chi connectivity index (χ0v) is 16.3. The molecule has 26 heavy (non-hydrogen) atoms. The number of nitriles is 2. The Morgan fingerprint density at radius 1 is 1.12 bits per heavy atom. The Labute approximate surface area is 163 Å². The Morgan fingerprint density at radius 2 is 1.77 bits per heavy atom. The second-order valence-electron chi connectivity index (χ2n) is 7.23. The number of benzene rings is 2. The molecular weight excluding hydrogens is 365 g/mol. The third-order valence-corrected chi connectivity index (χ3v) is 5.34. The van der Waals surface area contributed by atoms with Crippen LogP contribution < -0.4 is 5.73 Å². The molecule has 5 heteroatoms. The molecule has 0 atom stereocenters. The first kappa shape index (κ1) is 18.3. The summed E-state index contributed by atoms with van der Waals surface area (Å²) in [5, 5.41) is 20.5. The van der Waals surface area contributed by atoms with Gasteiger partial charge in [0.1, 0.15) is 12.1 Å². The Morgan fingerprint density at radius 3 is 2.35 bits per heavy atom. The fourth-order valence-electron chi connectivity index (χ4n) is 3.92. The average molecular weight is 382 g/mol. The second kappa shape index (κ2) is 6.36. The summed E-state index contributed by atoms with van der Waals surface area (Å²) in [5.41, 5.74) is 11.0. The summed E-state index contributed by atoms with van der Waals surface area (Å²) in [6.07, 6.45) is 2.81. The average Bonchev–Trinajstić information content (AvgIpc) is 2.53. The number of nitrogens with zero attached hydrogens (tertiary/aromatic N) is 2. The molecule has 0 radical (unpaired) electrons. The van der Waals surface area contributed by atoms with Gasteiger partial charge in [-0.1, -0.05) is 54.8 Å². The SMILES string of the molecule is CC1=Cc2c(C#N)c(N)c(C#N)c(-c3ccc(Cl)cc3Cl)c2C(C)(C)C1. The van der Waals surface area contributed by atoms with Gasteiger partial charge in [0.2, 0.25) is 0 Å². The van der Waals surface area contributed by atoms with E-state index >= 15 is 0 Å². The first-order valence-electron chi connectivity index (χ1n) is 8.14. The van der Waals surface area contributed by atoms with E-state index in [1.165, 1.54) is 0 Å². The first-order valence-corrected chi connectivity index (χ1v) is 8.89. The summed E-state index contributed by atoms with van der Waals surface area (Å²) < 4.78 is 0. The lowest BCUT2D eigenvalue weighted by molar-refractivity contribution is 0.515. The molecule has 0 saturated carbocycles. The summed E-state index contributed by atoms with van der Waals surface area (Å²) in [5.74, 6) is 0. The van der Waals surface area contributed by atoms with E-state index in [9.17, 15) is 10.5 Å². The van der Waals surface area contributed by atoms with Gasteiger partial charge in [0, 0.05) is 21.2 Å². The topological polar surface area (TPSA) is 73.6 Å². The highest BCUT2D eigenvalue weighted by molar-refractivity contribution is 6.36. The molecule has 1 aliphatic rings. The smallest absolute Gasteiger partial charge is 0.102 e. The molecule has 0 amide bonds. The van der Waals surface area contributed by atoms with Crippen molar-refractivity contribution in [1.82, 2.24) is 0 Å². The van der Waals surface area contributed by atoms with Gasteiger partial charge in [0.25, 0.3) is 0 Å². The van der Waals surface area contributed by atoms with Crippen LogP contribution in [0.5, 0.6) is 0 Å². The minimum atomic E-state index is -0.280. The van der Waals surface area contributed by atoms with Gasteiger partial charge in [-0.15, -0.1) is 0 Å². The molecule has 2 aromatic rings. The van der Waals surface area contributed by atoms with Crippen molar-refractivity contribution >= 4 is 35.0 Å². The third kappa shape index (κ3) is 2.74. The van der Waals surface area contributed by atoms with Gasteiger partial charge in [0.15, 0.2) is 0 Å². The molecule has 0 aromatic heterocycles. The normalized spacial score (nSPS) is 14.8. The fourth-order valence-corrected chi connectivity index (χ4v) is 4.42. The van der Waals surface area contributed by atoms with Crippen LogP contribution in [0.2, 0.25) is 10.0 Å². The highest BCUT2D eigenvalue weighted by atomic mass is 35.5. The van der Waals surface area contributed by atoms with Crippen LogP contribution in [0, 0.1) is 22.7 Å². The summed E-state index contributed by atoms with van der Waals surface area (Å²) in [7, 11) is 0. The van der Waals surface area contributed by atoms with E-state index in [-0.39, 0.29) is 16.7 Å². The molecule has 0 unspecified atom stereocenters. The Balaban J connectivity index is 2.58. The lowest BCUT2D eigenvalue weighted by atomic mass is 9.68. The van der Waals surface area contributed by atoms with Crippen molar-refractivity contribution in [3.8, 4) is 23.3 Å². The molecule has 1 aliphatic carbocycles. The van der Waals surface area contributed by atoms with E-state index in [4.69, 9.17) is 28.9 Å². The van der Waals surface area contributed by atoms with Crippen molar-refractivity contribution in [2.45, 2.75) is 32.6 Å². The molecule has 0 heterocycles. The van der Waals surface area contributed by atoms with E-state index in [2.05, 4.69) is 26.0 Å². The number of nitrogen functional groups attached to an aromatic ring is 1. The molecule has 2 N–H and O–H groups in total. The number of halogens is 2. The van der Waals surface area contributed by atoms with Crippen molar-refractivity contribution in [2.75, 3.05) is 5.73 Å². The van der Waals surface area contributed by atoms with Gasteiger partial charge in [-0.05, 0) is 42.0 Å². The predicted octanol–water partition coefficient (Wildman–Crippen LogP) is 6.07. The molecule has 0 aliphatic heterocycles. The molecule has 0 spiro atoms. The lowest BCUT2D eigenvalue weighted by Gasteiger charge is -2.35. The molecule has 3 rings (SSSR count). The largest absolute Gasteiger partial charge is 0.397 e.